The zero-order valence-corrected chi connectivity index (χ0v) is 13.1. The molecule has 2 rings (SSSR count). The lowest BCUT2D eigenvalue weighted by Crippen LogP contribution is -2.34. The smallest absolute Gasteiger partial charge is 0.224 e. The second-order valence-corrected chi connectivity index (χ2v) is 6.18. The predicted octanol–water partition coefficient (Wildman–Crippen LogP) is 3.96. The Morgan fingerprint density at radius 1 is 1.47 bits per heavy atom. The van der Waals surface area contributed by atoms with Gasteiger partial charge in [0.1, 0.15) is 0 Å². The topological polar surface area (TPSA) is 41.1 Å². The number of carbonyl (C=O) groups is 1. The maximum atomic E-state index is 11.9. The quantitative estimate of drug-likeness (QED) is 0.867. The highest BCUT2D eigenvalue weighted by atomic mass is 79.9. The zero-order chi connectivity index (χ0) is 13.7. The van der Waals surface area contributed by atoms with Gasteiger partial charge < -0.3 is 10.6 Å². The van der Waals surface area contributed by atoms with E-state index in [1.54, 1.807) is 6.07 Å². The summed E-state index contributed by atoms with van der Waals surface area (Å²) in [6.07, 6.45) is 5.09. The van der Waals surface area contributed by atoms with Gasteiger partial charge >= 0.3 is 0 Å². The van der Waals surface area contributed by atoms with Crippen molar-refractivity contribution in [1.29, 1.82) is 0 Å². The Labute approximate surface area is 127 Å². The van der Waals surface area contributed by atoms with E-state index in [0.717, 1.165) is 17.4 Å². The summed E-state index contributed by atoms with van der Waals surface area (Å²) in [7, 11) is 0. The summed E-state index contributed by atoms with van der Waals surface area (Å²) in [6, 6.07) is 5.92. The number of amides is 1. The molecule has 1 amide bonds. The first-order valence-corrected chi connectivity index (χ1v) is 7.80. The van der Waals surface area contributed by atoms with Crippen molar-refractivity contribution in [3.8, 4) is 0 Å². The van der Waals surface area contributed by atoms with Gasteiger partial charge in [-0.05, 0) is 44.0 Å². The van der Waals surface area contributed by atoms with Gasteiger partial charge in [-0.15, -0.1) is 0 Å². The van der Waals surface area contributed by atoms with E-state index in [-0.39, 0.29) is 5.91 Å². The van der Waals surface area contributed by atoms with Crippen molar-refractivity contribution in [2.24, 2.45) is 0 Å². The first kappa shape index (κ1) is 14.8. The standard InChI is InChI=1S/C14H18BrClN2O/c15-10-4-6-12(16)13(9-10)18-14(19)7-5-11-3-1-2-8-17-11/h4,6,9,11,17H,1-3,5,7-8H2,(H,18,19). The van der Waals surface area contributed by atoms with Crippen LogP contribution in [0.25, 0.3) is 0 Å². The van der Waals surface area contributed by atoms with E-state index in [2.05, 4.69) is 26.6 Å². The van der Waals surface area contributed by atoms with Crippen LogP contribution in [-0.2, 0) is 4.79 Å². The molecule has 1 atom stereocenters. The zero-order valence-electron chi connectivity index (χ0n) is 10.7. The fourth-order valence-electron chi connectivity index (χ4n) is 2.28. The van der Waals surface area contributed by atoms with Crippen LogP contribution in [0, 0.1) is 0 Å². The van der Waals surface area contributed by atoms with Gasteiger partial charge in [0.25, 0.3) is 0 Å². The van der Waals surface area contributed by atoms with Gasteiger partial charge in [0.2, 0.25) is 5.91 Å². The molecule has 0 radical (unpaired) electrons. The summed E-state index contributed by atoms with van der Waals surface area (Å²) in [5.41, 5.74) is 0.664. The normalized spacial score (nSPS) is 19.2. The minimum Gasteiger partial charge on any atom is -0.325 e. The van der Waals surface area contributed by atoms with E-state index in [1.165, 1.54) is 19.3 Å². The monoisotopic (exact) mass is 344 g/mol. The minimum absolute atomic E-state index is 0.0207. The Hall–Kier alpha value is -0.580. The van der Waals surface area contributed by atoms with Gasteiger partial charge in [-0.2, -0.15) is 0 Å². The van der Waals surface area contributed by atoms with Crippen LogP contribution in [0.4, 0.5) is 5.69 Å². The molecule has 1 saturated heterocycles. The van der Waals surface area contributed by atoms with E-state index in [1.807, 2.05) is 12.1 Å². The first-order valence-electron chi connectivity index (χ1n) is 6.63. The summed E-state index contributed by atoms with van der Waals surface area (Å²) < 4.78 is 0.904. The van der Waals surface area contributed by atoms with Crippen molar-refractivity contribution in [3.05, 3.63) is 27.7 Å². The first-order chi connectivity index (χ1) is 9.15. The Morgan fingerprint density at radius 2 is 2.32 bits per heavy atom. The van der Waals surface area contributed by atoms with Gasteiger partial charge in [-0.3, -0.25) is 4.79 Å². The maximum Gasteiger partial charge on any atom is 0.224 e. The summed E-state index contributed by atoms with van der Waals surface area (Å²) in [4.78, 5) is 11.9. The van der Waals surface area contributed by atoms with Crippen LogP contribution in [0.1, 0.15) is 32.1 Å². The number of hydrogen-bond acceptors (Lipinski definition) is 2. The lowest BCUT2D eigenvalue weighted by atomic mass is 10.0. The molecule has 5 heteroatoms. The molecule has 2 N–H and O–H groups in total. The highest BCUT2D eigenvalue weighted by Gasteiger charge is 2.14. The van der Waals surface area contributed by atoms with Gasteiger partial charge in [-0.1, -0.05) is 34.0 Å². The van der Waals surface area contributed by atoms with E-state index in [4.69, 9.17) is 11.6 Å². The third-order valence-corrected chi connectivity index (χ3v) is 4.16. The average Bonchev–Trinajstić information content (AvgIpc) is 2.42. The van der Waals surface area contributed by atoms with E-state index in [9.17, 15) is 4.79 Å². The van der Waals surface area contributed by atoms with Crippen LogP contribution in [0.5, 0.6) is 0 Å². The Kier molecular flexibility index (Phi) is 5.67. The fraction of sp³-hybridized carbons (Fsp3) is 0.500. The second kappa shape index (κ2) is 7.27. The molecule has 1 heterocycles. The van der Waals surface area contributed by atoms with Gasteiger partial charge in [-0.25, -0.2) is 0 Å². The number of carbonyl (C=O) groups excluding carboxylic acids is 1. The van der Waals surface area contributed by atoms with Crippen molar-refractivity contribution >= 4 is 39.1 Å². The highest BCUT2D eigenvalue weighted by Crippen LogP contribution is 2.26. The summed E-state index contributed by atoms with van der Waals surface area (Å²) in [6.45, 7) is 1.07. The van der Waals surface area contributed by atoms with Crippen LogP contribution in [0.3, 0.4) is 0 Å². The van der Waals surface area contributed by atoms with Gasteiger partial charge in [0, 0.05) is 16.9 Å². The van der Waals surface area contributed by atoms with Crippen LogP contribution < -0.4 is 10.6 Å². The predicted molar refractivity (Wildman–Crippen MR) is 82.7 cm³/mol. The average molecular weight is 346 g/mol. The third-order valence-electron chi connectivity index (χ3n) is 3.33. The van der Waals surface area contributed by atoms with Crippen molar-refractivity contribution < 1.29 is 4.79 Å². The molecule has 19 heavy (non-hydrogen) atoms. The molecule has 104 valence electrons. The Morgan fingerprint density at radius 3 is 3.05 bits per heavy atom. The number of halogens is 2. The summed E-state index contributed by atoms with van der Waals surface area (Å²) in [5, 5.41) is 6.87. The van der Waals surface area contributed by atoms with Crippen molar-refractivity contribution in [2.75, 3.05) is 11.9 Å². The Balaban J connectivity index is 1.81. The maximum absolute atomic E-state index is 11.9. The molecule has 0 saturated carbocycles. The number of nitrogens with one attached hydrogen (secondary N) is 2. The van der Waals surface area contributed by atoms with Gasteiger partial charge in [0.05, 0.1) is 10.7 Å². The van der Waals surface area contributed by atoms with E-state index < -0.39 is 0 Å². The van der Waals surface area contributed by atoms with Crippen molar-refractivity contribution in [3.63, 3.8) is 0 Å². The molecule has 1 aliphatic rings. The summed E-state index contributed by atoms with van der Waals surface area (Å²) in [5.74, 6) is 0.0207. The molecule has 0 bridgehead atoms. The van der Waals surface area contributed by atoms with Crippen LogP contribution in [0.15, 0.2) is 22.7 Å². The van der Waals surface area contributed by atoms with E-state index in [0.29, 0.717) is 23.2 Å². The SMILES string of the molecule is O=C(CCC1CCCCN1)Nc1cc(Br)ccc1Cl. The van der Waals surface area contributed by atoms with Crippen LogP contribution in [-0.4, -0.2) is 18.5 Å². The number of rotatable bonds is 4. The second-order valence-electron chi connectivity index (χ2n) is 4.86. The van der Waals surface area contributed by atoms with E-state index >= 15 is 0 Å². The number of piperidine rings is 1. The fourth-order valence-corrected chi connectivity index (χ4v) is 2.81. The molecule has 1 fully saturated rings. The van der Waals surface area contributed by atoms with Gasteiger partial charge in [0.15, 0.2) is 0 Å². The third kappa shape index (κ3) is 4.79. The molecule has 0 aliphatic carbocycles. The molecular weight excluding hydrogens is 328 g/mol. The molecule has 1 aromatic carbocycles. The lowest BCUT2D eigenvalue weighted by Gasteiger charge is -2.23. The molecular formula is C14H18BrClN2O. The molecule has 1 aliphatic heterocycles. The van der Waals surface area contributed by atoms with Crippen LogP contribution in [0.2, 0.25) is 5.02 Å². The molecule has 3 nitrogen and oxygen atoms in total. The summed E-state index contributed by atoms with van der Waals surface area (Å²) >= 11 is 9.41. The van der Waals surface area contributed by atoms with Crippen molar-refractivity contribution in [2.45, 2.75) is 38.1 Å². The Bertz CT molecular complexity index is 447. The number of benzene rings is 1. The number of hydrogen-bond donors (Lipinski definition) is 2. The molecule has 0 aromatic heterocycles. The van der Waals surface area contributed by atoms with Crippen LogP contribution >= 0.6 is 27.5 Å². The minimum atomic E-state index is 0.0207. The van der Waals surface area contributed by atoms with Crippen molar-refractivity contribution in [1.82, 2.24) is 5.32 Å². The highest BCUT2D eigenvalue weighted by molar-refractivity contribution is 9.10. The lowest BCUT2D eigenvalue weighted by molar-refractivity contribution is -0.116. The molecule has 1 unspecified atom stereocenters. The molecule has 1 aromatic rings. The molecule has 0 spiro atoms. The largest absolute Gasteiger partial charge is 0.325 e. The number of anilines is 1.